The Morgan fingerprint density at radius 2 is 1.65 bits per heavy atom. The van der Waals surface area contributed by atoms with Gasteiger partial charge in [-0.05, 0) is 92.9 Å². The Kier molecular flexibility index (Phi) is 10.1. The Hall–Kier alpha value is -5.88. The van der Waals surface area contributed by atoms with Gasteiger partial charge in [-0.3, -0.25) is 14.6 Å². The van der Waals surface area contributed by atoms with Crippen molar-refractivity contribution in [3.8, 4) is 28.7 Å². The molecule has 0 radical (unpaired) electrons. The number of carbonyl (C=O) groups is 1. The van der Waals surface area contributed by atoms with Crippen molar-refractivity contribution in [1.82, 2.24) is 19.7 Å². The number of likely N-dealkylation sites (tertiary alicyclic amines) is 1. The Bertz CT molecular complexity index is 2310. The zero-order valence-corrected chi connectivity index (χ0v) is 28.8. The number of ether oxygens (including phenoxy) is 3. The molecule has 0 spiro atoms. The number of rotatable bonds is 11. The highest BCUT2D eigenvalue weighted by Crippen LogP contribution is 2.38. The average Bonchev–Trinajstić information content (AvgIpc) is 3.15. The molecule has 1 aliphatic heterocycles. The molecule has 1 saturated heterocycles. The second kappa shape index (κ2) is 15.2. The summed E-state index contributed by atoms with van der Waals surface area (Å²) >= 11 is 0. The van der Waals surface area contributed by atoms with Gasteiger partial charge in [0, 0.05) is 41.3 Å². The zero-order valence-electron chi connectivity index (χ0n) is 28.8. The number of hydrogen-bond donors (Lipinski definition) is 1. The minimum atomic E-state index is -0.730. The molecule has 3 heterocycles. The van der Waals surface area contributed by atoms with Crippen LogP contribution in [-0.2, 0) is 0 Å². The number of fused-ring (bicyclic) bond motifs is 2. The molecule has 1 N–H and O–H groups in total. The van der Waals surface area contributed by atoms with Crippen LogP contribution in [0.5, 0.6) is 23.0 Å². The number of methoxy groups -OCH3 is 1. The molecule has 266 valence electrons. The smallest absolute Gasteiger partial charge is 0.279 e. The molecule has 6 aromatic rings. The number of piperidine rings is 1. The molecule has 1 fully saturated rings. The second-order valence-corrected chi connectivity index (χ2v) is 12.8. The topological polar surface area (TPSA) is 108 Å². The maximum atomic E-state index is 15.5. The van der Waals surface area contributed by atoms with Crippen molar-refractivity contribution in [2.45, 2.75) is 26.2 Å². The van der Waals surface area contributed by atoms with Gasteiger partial charge in [0.15, 0.2) is 28.8 Å². The first-order valence-electron chi connectivity index (χ1n) is 17.2. The van der Waals surface area contributed by atoms with E-state index in [9.17, 15) is 14.0 Å². The number of pyridine rings is 1. The lowest BCUT2D eigenvalue weighted by Gasteiger charge is -2.30. The van der Waals surface area contributed by atoms with Gasteiger partial charge in [-0.25, -0.2) is 8.78 Å². The van der Waals surface area contributed by atoms with E-state index in [1.165, 1.54) is 49.2 Å². The minimum Gasteiger partial charge on any atom is -0.493 e. The lowest BCUT2D eigenvalue weighted by molar-refractivity contribution is 0.102. The SMILES string of the molecule is COc1cc2c(Oc3ccc(NC(=O)c4nn(-c5ccc(F)cc5)c(=O)c5ccccc45)cc3F)ccnc2cc1OCCCN1CCC(C)CC1. The van der Waals surface area contributed by atoms with Crippen molar-refractivity contribution in [3.05, 3.63) is 119 Å². The molecule has 0 bridgehead atoms. The highest BCUT2D eigenvalue weighted by Gasteiger charge is 2.20. The third kappa shape index (κ3) is 7.42. The number of anilines is 1. The summed E-state index contributed by atoms with van der Waals surface area (Å²) in [7, 11) is 1.56. The van der Waals surface area contributed by atoms with Crippen LogP contribution in [0, 0.1) is 17.6 Å². The molecule has 10 nitrogen and oxygen atoms in total. The summed E-state index contributed by atoms with van der Waals surface area (Å²) in [5.41, 5.74) is 0.455. The van der Waals surface area contributed by atoms with Crippen LogP contribution < -0.4 is 25.1 Å². The molecule has 7 rings (SSSR count). The first kappa shape index (κ1) is 34.6. The van der Waals surface area contributed by atoms with Crippen molar-refractivity contribution in [2.24, 2.45) is 5.92 Å². The number of halogens is 2. The maximum absolute atomic E-state index is 15.5. The first-order valence-corrected chi connectivity index (χ1v) is 17.2. The van der Waals surface area contributed by atoms with E-state index in [0.29, 0.717) is 40.1 Å². The summed E-state index contributed by atoms with van der Waals surface area (Å²) in [5, 5.41) is 8.12. The lowest BCUT2D eigenvalue weighted by Crippen LogP contribution is -2.34. The Morgan fingerprint density at radius 1 is 0.885 bits per heavy atom. The fraction of sp³-hybridized carbons (Fsp3) is 0.250. The fourth-order valence-electron chi connectivity index (χ4n) is 6.33. The van der Waals surface area contributed by atoms with E-state index in [1.54, 1.807) is 55.8 Å². The number of nitrogens with zero attached hydrogens (tertiary/aromatic N) is 4. The van der Waals surface area contributed by atoms with Gasteiger partial charge in [0.05, 0.1) is 30.3 Å². The van der Waals surface area contributed by atoms with Crippen molar-refractivity contribution in [3.63, 3.8) is 0 Å². The van der Waals surface area contributed by atoms with Gasteiger partial charge in [0.1, 0.15) is 11.6 Å². The molecule has 0 unspecified atom stereocenters. The van der Waals surface area contributed by atoms with Crippen LogP contribution in [0.15, 0.2) is 95.9 Å². The molecule has 1 amide bonds. The summed E-state index contributed by atoms with van der Waals surface area (Å²) in [6.45, 7) is 6.06. The molecule has 2 aromatic heterocycles. The summed E-state index contributed by atoms with van der Waals surface area (Å²) in [6, 6.07) is 20.9. The van der Waals surface area contributed by atoms with Gasteiger partial charge in [-0.1, -0.05) is 25.1 Å². The van der Waals surface area contributed by atoms with E-state index < -0.39 is 23.1 Å². The van der Waals surface area contributed by atoms with E-state index >= 15 is 4.39 Å². The number of hydrogen-bond acceptors (Lipinski definition) is 8. The van der Waals surface area contributed by atoms with E-state index in [-0.39, 0.29) is 28.2 Å². The number of benzene rings is 4. The lowest BCUT2D eigenvalue weighted by atomic mass is 9.99. The Morgan fingerprint density at radius 3 is 2.40 bits per heavy atom. The number of nitrogens with one attached hydrogen (secondary N) is 1. The van der Waals surface area contributed by atoms with Gasteiger partial charge in [-0.15, -0.1) is 0 Å². The molecule has 0 aliphatic carbocycles. The molecular weight excluding hydrogens is 668 g/mol. The van der Waals surface area contributed by atoms with Crippen LogP contribution >= 0.6 is 0 Å². The van der Waals surface area contributed by atoms with Crippen molar-refractivity contribution >= 4 is 33.3 Å². The van der Waals surface area contributed by atoms with Crippen LogP contribution in [0.3, 0.4) is 0 Å². The van der Waals surface area contributed by atoms with Crippen LogP contribution in [0.2, 0.25) is 0 Å². The highest BCUT2D eigenvalue weighted by atomic mass is 19.1. The van der Waals surface area contributed by atoms with Crippen LogP contribution in [0.1, 0.15) is 36.7 Å². The molecule has 1 aliphatic rings. The van der Waals surface area contributed by atoms with Gasteiger partial charge < -0.3 is 24.4 Å². The highest BCUT2D eigenvalue weighted by molar-refractivity contribution is 6.11. The van der Waals surface area contributed by atoms with Gasteiger partial charge in [0.2, 0.25) is 0 Å². The number of aromatic nitrogens is 3. The van der Waals surface area contributed by atoms with Crippen LogP contribution in [0.25, 0.3) is 27.4 Å². The Balaban J connectivity index is 1.07. The molecule has 12 heteroatoms. The van der Waals surface area contributed by atoms with Crippen molar-refractivity contribution in [1.29, 1.82) is 0 Å². The molecule has 52 heavy (non-hydrogen) atoms. The largest absolute Gasteiger partial charge is 0.493 e. The fourth-order valence-corrected chi connectivity index (χ4v) is 6.33. The third-order valence-electron chi connectivity index (χ3n) is 9.24. The summed E-state index contributed by atoms with van der Waals surface area (Å²) in [5.74, 6) is 0.243. The van der Waals surface area contributed by atoms with Gasteiger partial charge in [-0.2, -0.15) is 9.78 Å². The monoisotopic (exact) mass is 705 g/mol. The summed E-state index contributed by atoms with van der Waals surface area (Å²) < 4.78 is 47.9. The van der Waals surface area contributed by atoms with E-state index in [2.05, 4.69) is 27.2 Å². The van der Waals surface area contributed by atoms with Crippen LogP contribution in [-0.4, -0.2) is 58.9 Å². The van der Waals surface area contributed by atoms with Gasteiger partial charge >= 0.3 is 0 Å². The predicted octanol–water partition coefficient (Wildman–Crippen LogP) is 7.77. The van der Waals surface area contributed by atoms with E-state index in [0.717, 1.165) is 42.7 Å². The van der Waals surface area contributed by atoms with Crippen LogP contribution in [0.4, 0.5) is 14.5 Å². The first-order chi connectivity index (χ1) is 25.3. The average molecular weight is 706 g/mol. The van der Waals surface area contributed by atoms with Gasteiger partial charge in [0.25, 0.3) is 11.5 Å². The summed E-state index contributed by atoms with van der Waals surface area (Å²) in [6.07, 6.45) is 4.92. The molecular formula is C40H37F2N5O5. The Labute approximate surface area is 298 Å². The molecule has 0 saturated carbocycles. The van der Waals surface area contributed by atoms with Crippen molar-refractivity contribution < 1.29 is 27.8 Å². The van der Waals surface area contributed by atoms with Crippen molar-refractivity contribution in [2.75, 3.05) is 38.7 Å². The standard InChI is InChI=1S/C40H37F2N5O5/c1-25-15-19-46(20-16-25)18-5-21-51-37-24-33-31(23-36(37)50-2)34(14-17-43-33)52-35-13-10-27(22-32(35)42)44-39(48)38-29-6-3-4-7-30(29)40(49)47(45-38)28-11-8-26(41)9-12-28/h3-4,6-14,17,22-25H,5,15-16,18-21H2,1-2H3,(H,44,48). The molecule has 0 atom stereocenters. The quantitative estimate of drug-likeness (QED) is 0.136. The number of amides is 1. The van der Waals surface area contributed by atoms with E-state index in [4.69, 9.17) is 14.2 Å². The number of carbonyl (C=O) groups excluding carboxylic acids is 1. The zero-order chi connectivity index (χ0) is 36.2. The molecule has 4 aromatic carbocycles. The summed E-state index contributed by atoms with van der Waals surface area (Å²) in [4.78, 5) is 33.7. The maximum Gasteiger partial charge on any atom is 0.279 e. The predicted molar refractivity (Wildman–Crippen MR) is 195 cm³/mol. The normalized spacial score (nSPS) is 13.7. The minimum absolute atomic E-state index is 0.0718. The third-order valence-corrected chi connectivity index (χ3v) is 9.24. The van der Waals surface area contributed by atoms with E-state index in [1.807, 2.05) is 0 Å². The second-order valence-electron chi connectivity index (χ2n) is 12.8.